The molecule has 0 saturated carbocycles. The predicted molar refractivity (Wildman–Crippen MR) is 140 cm³/mol. The minimum atomic E-state index is -4.17. The summed E-state index contributed by atoms with van der Waals surface area (Å²) in [4.78, 5) is 17.9. The van der Waals surface area contributed by atoms with Crippen LogP contribution in [0, 0.1) is 15.3 Å². The third-order valence-electron chi connectivity index (χ3n) is 5.45. The van der Waals surface area contributed by atoms with Crippen LogP contribution in [0.2, 0.25) is 0 Å². The lowest BCUT2D eigenvalue weighted by atomic mass is 10.1. The van der Waals surface area contributed by atoms with Crippen LogP contribution in [0.5, 0.6) is 5.75 Å². The van der Waals surface area contributed by atoms with Crippen molar-refractivity contribution in [2.75, 3.05) is 12.8 Å². The summed E-state index contributed by atoms with van der Waals surface area (Å²) in [6.45, 7) is 4.06. The van der Waals surface area contributed by atoms with Crippen molar-refractivity contribution in [1.82, 2.24) is 9.55 Å². The molecule has 3 rings (SSSR count). The first-order valence-electron chi connectivity index (χ1n) is 11.5. The Morgan fingerprint density at radius 1 is 1.29 bits per heavy atom. The number of benzene rings is 1. The molecule has 1 fully saturated rings. The number of esters is 1. The summed E-state index contributed by atoms with van der Waals surface area (Å²) < 4.78 is 37.9. The molecule has 2 aromatic rings. The maximum atomic E-state index is 13.9. The fraction of sp³-hybridized carbons (Fsp3) is 0.500. The molecule has 0 spiro atoms. The average Bonchev–Trinajstić information content (AvgIpc) is 3.09. The largest absolute Gasteiger partial charge is 0.463 e. The normalized spacial score (nSPS) is 25.3. The molecule has 3 N–H and O–H groups in total. The second kappa shape index (κ2) is 12.5. The molecule has 2 heterocycles. The van der Waals surface area contributed by atoms with E-state index in [1.807, 2.05) is 0 Å². The summed E-state index contributed by atoms with van der Waals surface area (Å²) in [5.74, 6) is -1.33. The number of azide groups is 1. The molecule has 0 radical (unpaired) electrons. The van der Waals surface area contributed by atoms with Crippen LogP contribution in [0.15, 0.2) is 47.7 Å². The van der Waals surface area contributed by atoms with Gasteiger partial charge in [0.1, 0.15) is 22.6 Å². The number of aromatic amines is 1. The molecular weight excluding hydrogens is 557 g/mol. The van der Waals surface area contributed by atoms with Crippen molar-refractivity contribution < 1.29 is 38.1 Å². The number of para-hydroxylation sites is 1. The number of nitrogens with zero attached hydrogens (tertiary/aromatic N) is 4. The monoisotopic (exact) mass is 585 g/mol. The first-order chi connectivity index (χ1) is 17.9. The van der Waals surface area contributed by atoms with E-state index in [0.29, 0.717) is 4.64 Å². The van der Waals surface area contributed by atoms with E-state index in [4.69, 9.17) is 43.0 Å². The summed E-state index contributed by atoms with van der Waals surface area (Å²) in [6, 6.07) is 9.59. The Kier molecular flexibility index (Phi) is 9.85. The molecule has 38 heavy (non-hydrogen) atoms. The number of hydrogen-bond acceptors (Lipinski definition) is 11. The third kappa shape index (κ3) is 7.07. The van der Waals surface area contributed by atoms with E-state index >= 15 is 0 Å². The van der Waals surface area contributed by atoms with Gasteiger partial charge < -0.3 is 29.2 Å². The number of aromatic nitrogens is 2. The summed E-state index contributed by atoms with van der Waals surface area (Å²) in [7, 11) is -4.17. The number of aliphatic hydroxyl groups excluding tert-OH is 2. The van der Waals surface area contributed by atoms with Crippen molar-refractivity contribution in [3.05, 3.63) is 62.4 Å². The molecule has 0 amide bonds. The summed E-state index contributed by atoms with van der Waals surface area (Å²) in [6.07, 6.45) is -4.13. The molecule has 1 aromatic carbocycles. The fourth-order valence-electron chi connectivity index (χ4n) is 3.63. The van der Waals surface area contributed by atoms with E-state index in [0.717, 1.165) is 0 Å². The number of hydrogen-bond donors (Lipinski definition) is 3. The van der Waals surface area contributed by atoms with Crippen LogP contribution in [-0.2, 0) is 23.4 Å². The minimum absolute atomic E-state index is 0.0713. The average molecular weight is 586 g/mol. The van der Waals surface area contributed by atoms with Crippen molar-refractivity contribution in [3.63, 3.8) is 0 Å². The van der Waals surface area contributed by atoms with Gasteiger partial charge in [-0.15, -0.1) is 0 Å². The van der Waals surface area contributed by atoms with E-state index in [9.17, 15) is 25.1 Å². The van der Waals surface area contributed by atoms with E-state index in [2.05, 4.69) is 15.0 Å². The Balaban J connectivity index is 1.91. The highest BCUT2D eigenvalue weighted by atomic mass is 32.1. The Hall–Kier alpha value is -2.61. The van der Waals surface area contributed by atoms with Gasteiger partial charge in [-0.1, -0.05) is 42.5 Å². The van der Waals surface area contributed by atoms with Crippen molar-refractivity contribution in [2.45, 2.75) is 51.0 Å². The molecule has 13 nitrogen and oxygen atoms in total. The topological polar surface area (TPSA) is 181 Å². The van der Waals surface area contributed by atoms with E-state index in [-0.39, 0.29) is 10.5 Å². The first-order valence-corrected chi connectivity index (χ1v) is 14.0. The number of nitrogens with one attached hydrogen (secondary N) is 1. The van der Waals surface area contributed by atoms with E-state index < -0.39 is 62.5 Å². The molecule has 0 aliphatic carbocycles. The molecule has 1 saturated heterocycles. The zero-order valence-electron chi connectivity index (χ0n) is 20.7. The Morgan fingerprint density at radius 2 is 1.97 bits per heavy atom. The van der Waals surface area contributed by atoms with Gasteiger partial charge in [0.15, 0.2) is 11.0 Å². The van der Waals surface area contributed by atoms with Crippen LogP contribution >= 0.6 is 32.0 Å². The van der Waals surface area contributed by atoms with Crippen molar-refractivity contribution in [3.8, 4) is 5.75 Å². The van der Waals surface area contributed by atoms with Gasteiger partial charge in [-0.3, -0.25) is 13.9 Å². The molecular formula is C22H28N5O8PS2. The van der Waals surface area contributed by atoms with Crippen molar-refractivity contribution in [2.24, 2.45) is 11.0 Å². The van der Waals surface area contributed by atoms with Crippen LogP contribution in [-0.4, -0.2) is 62.5 Å². The second-order valence-electron chi connectivity index (χ2n) is 8.85. The van der Waals surface area contributed by atoms with Gasteiger partial charge in [0.2, 0.25) is 5.72 Å². The number of carbonyl (C=O) groups excluding carboxylic acids is 1. The highest BCUT2D eigenvalue weighted by Crippen LogP contribution is 2.52. The van der Waals surface area contributed by atoms with Gasteiger partial charge in [0, 0.05) is 11.1 Å². The second-order valence-corrected chi connectivity index (χ2v) is 11.7. The summed E-state index contributed by atoms with van der Waals surface area (Å²) >= 11 is 10.3. The fourth-order valence-corrected chi connectivity index (χ4v) is 6.01. The predicted octanol–water partition coefficient (Wildman–Crippen LogP) is 4.41. The molecule has 2 unspecified atom stereocenters. The van der Waals surface area contributed by atoms with Crippen LogP contribution in [0.3, 0.4) is 0 Å². The first kappa shape index (κ1) is 29.9. The quantitative estimate of drug-likeness (QED) is 0.0853. The SMILES string of the molecule is CC(C)OC(=O)[C@H](C)CP(=O)(OC[C@@]1(N=[N+]=[N-])O[C@@H](n2ccc(=S)[nH]c2=S)C(O)[C@H]1O)Oc1ccccc1. The maximum Gasteiger partial charge on any atom is 0.380 e. The van der Waals surface area contributed by atoms with Gasteiger partial charge in [-0.05, 0) is 49.8 Å². The lowest BCUT2D eigenvalue weighted by Gasteiger charge is -2.29. The van der Waals surface area contributed by atoms with Gasteiger partial charge >= 0.3 is 13.6 Å². The van der Waals surface area contributed by atoms with Crippen LogP contribution in [0.4, 0.5) is 0 Å². The number of ether oxygens (including phenoxy) is 2. The molecule has 1 aromatic heterocycles. The third-order valence-corrected chi connectivity index (χ3v) is 8.01. The Labute approximate surface area is 228 Å². The molecule has 206 valence electrons. The lowest BCUT2D eigenvalue weighted by molar-refractivity contribution is -0.151. The summed E-state index contributed by atoms with van der Waals surface area (Å²) in [5.41, 5.74) is 7.01. The highest BCUT2D eigenvalue weighted by molar-refractivity contribution is 7.72. The van der Waals surface area contributed by atoms with Crippen molar-refractivity contribution in [1.29, 1.82) is 0 Å². The highest BCUT2D eigenvalue weighted by Gasteiger charge is 2.56. The zero-order valence-corrected chi connectivity index (χ0v) is 23.3. The maximum absolute atomic E-state index is 13.9. The number of carbonyl (C=O) groups is 1. The Morgan fingerprint density at radius 3 is 2.58 bits per heavy atom. The lowest BCUT2D eigenvalue weighted by Crippen LogP contribution is -2.45. The molecule has 6 atom stereocenters. The van der Waals surface area contributed by atoms with Crippen molar-refractivity contribution >= 4 is 38.0 Å². The number of aliphatic hydroxyl groups is 2. The smallest absolute Gasteiger partial charge is 0.380 e. The molecule has 1 aliphatic rings. The number of H-pyrrole nitrogens is 1. The van der Waals surface area contributed by atoms with Gasteiger partial charge in [-0.2, -0.15) is 0 Å². The van der Waals surface area contributed by atoms with Gasteiger partial charge in [-0.25, -0.2) is 4.57 Å². The van der Waals surface area contributed by atoms with Gasteiger partial charge in [0.25, 0.3) is 0 Å². The van der Waals surface area contributed by atoms with Crippen LogP contribution in [0.25, 0.3) is 10.4 Å². The summed E-state index contributed by atoms with van der Waals surface area (Å²) in [5, 5.41) is 25.2. The number of rotatable bonds is 11. The van der Waals surface area contributed by atoms with E-state index in [1.165, 1.54) is 35.9 Å². The van der Waals surface area contributed by atoms with Gasteiger partial charge in [0.05, 0.1) is 24.8 Å². The molecule has 16 heteroatoms. The van der Waals surface area contributed by atoms with E-state index in [1.54, 1.807) is 32.0 Å². The minimum Gasteiger partial charge on any atom is -0.463 e. The molecule has 1 aliphatic heterocycles. The zero-order chi connectivity index (χ0) is 28.1. The van der Waals surface area contributed by atoms with Crippen LogP contribution < -0.4 is 4.52 Å². The standard InChI is InChI=1S/C22H28N5O8PS2/c1-13(2)33-20(30)14(3)11-36(31,35-15-7-5-4-6-8-15)32-12-22(25-26-23)18(29)17(28)19(34-22)27-10-9-16(37)24-21(27)38/h4-10,13-14,17-19,28-29H,11-12H2,1-3H3,(H,24,37,38)/t14-,17?,18-,19-,22-,36?/m1/s1. The molecule has 0 bridgehead atoms. The van der Waals surface area contributed by atoms with Crippen LogP contribution in [0.1, 0.15) is 27.0 Å². The Bertz CT molecular complexity index is 1350.